The molecule has 0 radical (unpaired) electrons. The number of rotatable bonds is 3. The Labute approximate surface area is 114 Å². The van der Waals surface area contributed by atoms with E-state index in [9.17, 15) is 9.90 Å². The van der Waals surface area contributed by atoms with E-state index in [1.165, 1.54) is 19.3 Å². The Morgan fingerprint density at radius 1 is 1.37 bits per heavy atom. The molecule has 1 fully saturated rings. The monoisotopic (exact) mass is 262 g/mol. The van der Waals surface area contributed by atoms with Crippen LogP contribution in [0.15, 0.2) is 6.07 Å². The van der Waals surface area contributed by atoms with Gasteiger partial charge in [0.2, 0.25) is 0 Å². The average molecular weight is 262 g/mol. The molecular weight excluding hydrogens is 240 g/mol. The van der Waals surface area contributed by atoms with Crippen LogP contribution in [0.2, 0.25) is 0 Å². The first kappa shape index (κ1) is 13.8. The Hall–Kier alpha value is -1.58. The van der Waals surface area contributed by atoms with Crippen molar-refractivity contribution in [2.24, 2.45) is 5.92 Å². The van der Waals surface area contributed by atoms with Gasteiger partial charge in [0.05, 0.1) is 0 Å². The average Bonchev–Trinajstić information content (AvgIpc) is 2.30. The molecule has 2 rings (SSSR count). The summed E-state index contributed by atoms with van der Waals surface area (Å²) >= 11 is 0. The predicted octanol–water partition coefficient (Wildman–Crippen LogP) is 3.39. The van der Waals surface area contributed by atoms with Crippen molar-refractivity contribution in [2.75, 3.05) is 5.32 Å². The van der Waals surface area contributed by atoms with Crippen molar-refractivity contribution in [1.29, 1.82) is 0 Å². The molecule has 19 heavy (non-hydrogen) atoms. The Bertz CT molecular complexity index is 485. The molecule has 1 aliphatic carbocycles. The first-order valence-corrected chi connectivity index (χ1v) is 6.97. The third-order valence-corrected chi connectivity index (χ3v) is 3.99. The Balaban J connectivity index is 2.30. The van der Waals surface area contributed by atoms with Gasteiger partial charge in [0.1, 0.15) is 11.4 Å². The largest absolute Gasteiger partial charge is 0.478 e. The van der Waals surface area contributed by atoms with Crippen molar-refractivity contribution < 1.29 is 9.90 Å². The molecule has 0 bridgehead atoms. The number of carboxylic acids is 1. The lowest BCUT2D eigenvalue weighted by Gasteiger charge is -2.30. The maximum Gasteiger partial charge on any atom is 0.339 e. The normalized spacial score (nSPS) is 23.1. The molecule has 104 valence electrons. The molecule has 1 saturated carbocycles. The summed E-state index contributed by atoms with van der Waals surface area (Å²) in [5, 5.41) is 12.7. The van der Waals surface area contributed by atoms with Crippen molar-refractivity contribution in [1.82, 2.24) is 4.98 Å². The quantitative estimate of drug-likeness (QED) is 0.876. The van der Waals surface area contributed by atoms with Crippen molar-refractivity contribution in [3.63, 3.8) is 0 Å². The summed E-state index contributed by atoms with van der Waals surface area (Å²) in [5.74, 6) is 0.192. The van der Waals surface area contributed by atoms with E-state index < -0.39 is 5.97 Å². The molecule has 0 spiro atoms. The highest BCUT2D eigenvalue weighted by atomic mass is 16.4. The van der Waals surface area contributed by atoms with Crippen LogP contribution >= 0.6 is 0 Å². The van der Waals surface area contributed by atoms with E-state index in [4.69, 9.17) is 0 Å². The summed E-state index contributed by atoms with van der Waals surface area (Å²) in [5.41, 5.74) is 1.93. The van der Waals surface area contributed by atoms with E-state index in [2.05, 4.69) is 17.2 Å². The minimum Gasteiger partial charge on any atom is -0.478 e. The minimum absolute atomic E-state index is 0.309. The lowest BCUT2D eigenvalue weighted by Crippen LogP contribution is -2.31. The van der Waals surface area contributed by atoms with Gasteiger partial charge in [-0.05, 0) is 44.2 Å². The van der Waals surface area contributed by atoms with Gasteiger partial charge in [0, 0.05) is 11.7 Å². The summed E-state index contributed by atoms with van der Waals surface area (Å²) in [7, 11) is 0. The summed E-state index contributed by atoms with van der Waals surface area (Å²) < 4.78 is 0. The zero-order valence-corrected chi connectivity index (χ0v) is 11.9. The first-order chi connectivity index (χ1) is 8.99. The highest BCUT2D eigenvalue weighted by Gasteiger charge is 2.24. The third-order valence-electron chi connectivity index (χ3n) is 3.99. The number of nitrogens with one attached hydrogen (secondary N) is 1. The summed E-state index contributed by atoms with van der Waals surface area (Å²) in [6.07, 6.45) is 4.76. The van der Waals surface area contributed by atoms with Crippen LogP contribution in [0, 0.1) is 19.8 Å². The fourth-order valence-electron chi connectivity index (χ4n) is 2.92. The number of anilines is 1. The summed E-state index contributed by atoms with van der Waals surface area (Å²) in [4.78, 5) is 15.8. The lowest BCUT2D eigenvalue weighted by atomic mass is 9.86. The molecule has 0 aliphatic heterocycles. The van der Waals surface area contributed by atoms with Crippen molar-refractivity contribution >= 4 is 11.8 Å². The molecule has 0 saturated heterocycles. The van der Waals surface area contributed by atoms with Crippen LogP contribution in [0.1, 0.15) is 54.2 Å². The molecule has 2 N–H and O–H groups in total. The van der Waals surface area contributed by atoms with Crippen LogP contribution in [-0.4, -0.2) is 22.1 Å². The topological polar surface area (TPSA) is 62.2 Å². The summed E-state index contributed by atoms with van der Waals surface area (Å²) in [6, 6.07) is 2.15. The number of carboxylic acid groups (broad SMARTS) is 1. The molecule has 4 nitrogen and oxygen atoms in total. The van der Waals surface area contributed by atoms with Gasteiger partial charge in [0.15, 0.2) is 0 Å². The number of hydrogen-bond acceptors (Lipinski definition) is 3. The van der Waals surface area contributed by atoms with Crippen LogP contribution in [-0.2, 0) is 0 Å². The van der Waals surface area contributed by atoms with Crippen LogP contribution in [0.5, 0.6) is 0 Å². The Morgan fingerprint density at radius 3 is 2.68 bits per heavy atom. The van der Waals surface area contributed by atoms with Gasteiger partial charge >= 0.3 is 5.97 Å². The molecule has 4 heteroatoms. The maximum atomic E-state index is 11.4. The zero-order chi connectivity index (χ0) is 14.0. The Morgan fingerprint density at radius 2 is 2.05 bits per heavy atom. The predicted molar refractivity (Wildman–Crippen MR) is 75.7 cm³/mol. The zero-order valence-electron chi connectivity index (χ0n) is 11.9. The van der Waals surface area contributed by atoms with E-state index in [-0.39, 0.29) is 0 Å². The highest BCUT2D eigenvalue weighted by molar-refractivity contribution is 5.94. The molecular formula is C15H22N2O2. The van der Waals surface area contributed by atoms with Crippen molar-refractivity contribution in [3.8, 4) is 0 Å². The Kier molecular flexibility index (Phi) is 4.08. The molecule has 2 unspecified atom stereocenters. The number of hydrogen-bond donors (Lipinski definition) is 2. The van der Waals surface area contributed by atoms with Gasteiger partial charge in [-0.15, -0.1) is 0 Å². The SMILES string of the molecule is Cc1cc(C)c(C(=O)O)c(NC2CCCCC2C)n1. The minimum atomic E-state index is -0.907. The molecule has 1 aliphatic rings. The number of aryl methyl sites for hydroxylation is 2. The molecule has 0 aromatic carbocycles. The van der Waals surface area contributed by atoms with E-state index >= 15 is 0 Å². The van der Waals surface area contributed by atoms with Gasteiger partial charge in [-0.25, -0.2) is 9.78 Å². The van der Waals surface area contributed by atoms with E-state index in [0.29, 0.717) is 23.3 Å². The standard InChI is InChI=1S/C15H22N2O2/c1-9-6-4-5-7-12(9)17-14-13(15(18)19)10(2)8-11(3)16-14/h8-9,12H,4-7H2,1-3H3,(H,16,17)(H,18,19). The summed E-state index contributed by atoms with van der Waals surface area (Å²) in [6.45, 7) is 5.95. The molecule has 1 heterocycles. The van der Waals surface area contributed by atoms with Gasteiger partial charge in [-0.1, -0.05) is 19.8 Å². The molecule has 0 amide bonds. The van der Waals surface area contributed by atoms with Crippen LogP contribution in [0.4, 0.5) is 5.82 Å². The fourth-order valence-corrected chi connectivity index (χ4v) is 2.92. The van der Waals surface area contributed by atoms with E-state index in [1.54, 1.807) is 0 Å². The molecule has 2 atom stereocenters. The van der Waals surface area contributed by atoms with E-state index in [1.807, 2.05) is 19.9 Å². The second kappa shape index (κ2) is 5.59. The second-order valence-electron chi connectivity index (χ2n) is 5.62. The molecule has 1 aromatic heterocycles. The second-order valence-corrected chi connectivity index (χ2v) is 5.62. The van der Waals surface area contributed by atoms with E-state index in [0.717, 1.165) is 17.7 Å². The molecule has 1 aromatic rings. The number of aromatic nitrogens is 1. The number of pyridine rings is 1. The van der Waals surface area contributed by atoms with Gasteiger partial charge < -0.3 is 10.4 Å². The van der Waals surface area contributed by atoms with Crippen LogP contribution in [0.3, 0.4) is 0 Å². The number of carbonyl (C=O) groups is 1. The first-order valence-electron chi connectivity index (χ1n) is 6.97. The van der Waals surface area contributed by atoms with Crippen molar-refractivity contribution in [3.05, 3.63) is 22.9 Å². The third kappa shape index (κ3) is 3.06. The van der Waals surface area contributed by atoms with Gasteiger partial charge in [-0.3, -0.25) is 0 Å². The van der Waals surface area contributed by atoms with Crippen LogP contribution < -0.4 is 5.32 Å². The smallest absolute Gasteiger partial charge is 0.339 e. The van der Waals surface area contributed by atoms with Gasteiger partial charge in [-0.2, -0.15) is 0 Å². The van der Waals surface area contributed by atoms with Gasteiger partial charge in [0.25, 0.3) is 0 Å². The highest BCUT2D eigenvalue weighted by Crippen LogP contribution is 2.28. The number of aromatic carboxylic acids is 1. The van der Waals surface area contributed by atoms with Crippen LogP contribution in [0.25, 0.3) is 0 Å². The fraction of sp³-hybridized carbons (Fsp3) is 0.600. The number of nitrogens with zero attached hydrogens (tertiary/aromatic N) is 1. The van der Waals surface area contributed by atoms with Crippen molar-refractivity contribution in [2.45, 2.75) is 52.5 Å². The maximum absolute atomic E-state index is 11.4. The lowest BCUT2D eigenvalue weighted by molar-refractivity contribution is 0.0696.